The average Bonchev–Trinajstić information content (AvgIpc) is 2.13. The second kappa shape index (κ2) is 9.44. The SMILES string of the molecule is CNCCOCC(=O)NCCOC. The predicted molar refractivity (Wildman–Crippen MR) is 49.6 cm³/mol. The van der Waals surface area contributed by atoms with Gasteiger partial charge in [-0.3, -0.25) is 4.79 Å². The summed E-state index contributed by atoms with van der Waals surface area (Å²) in [6.45, 7) is 2.48. The number of methoxy groups -OCH3 is 1. The number of hydrogen-bond donors (Lipinski definition) is 2. The number of amides is 1. The molecular weight excluding hydrogens is 172 g/mol. The Morgan fingerprint density at radius 2 is 2.08 bits per heavy atom. The van der Waals surface area contributed by atoms with E-state index in [4.69, 9.17) is 9.47 Å². The maximum atomic E-state index is 11.0. The van der Waals surface area contributed by atoms with Crippen molar-refractivity contribution in [1.29, 1.82) is 0 Å². The molecule has 0 rings (SSSR count). The van der Waals surface area contributed by atoms with Crippen molar-refractivity contribution in [2.75, 3.05) is 47.1 Å². The van der Waals surface area contributed by atoms with Crippen LogP contribution in [0.3, 0.4) is 0 Å². The highest BCUT2D eigenvalue weighted by Crippen LogP contribution is 1.74. The third-order valence-corrected chi connectivity index (χ3v) is 1.36. The average molecular weight is 190 g/mol. The van der Waals surface area contributed by atoms with E-state index in [-0.39, 0.29) is 12.5 Å². The van der Waals surface area contributed by atoms with Gasteiger partial charge < -0.3 is 20.1 Å². The first-order valence-corrected chi connectivity index (χ1v) is 4.29. The summed E-state index contributed by atoms with van der Waals surface area (Å²) in [5.74, 6) is -0.104. The normalized spacial score (nSPS) is 10.0. The summed E-state index contributed by atoms with van der Waals surface area (Å²) in [4.78, 5) is 11.0. The Hall–Kier alpha value is -0.650. The van der Waals surface area contributed by atoms with Gasteiger partial charge in [-0.1, -0.05) is 0 Å². The van der Waals surface area contributed by atoms with Crippen molar-refractivity contribution in [3.63, 3.8) is 0 Å². The first kappa shape index (κ1) is 12.3. The summed E-state index contributed by atoms with van der Waals surface area (Å²) in [5, 5.41) is 5.57. The lowest BCUT2D eigenvalue weighted by Crippen LogP contribution is -2.31. The number of ether oxygens (including phenoxy) is 2. The zero-order valence-electron chi connectivity index (χ0n) is 8.26. The van der Waals surface area contributed by atoms with Gasteiger partial charge in [0.1, 0.15) is 6.61 Å². The molecule has 0 aliphatic heterocycles. The van der Waals surface area contributed by atoms with E-state index in [1.807, 2.05) is 7.05 Å². The van der Waals surface area contributed by atoms with Crippen LogP contribution in [-0.2, 0) is 14.3 Å². The van der Waals surface area contributed by atoms with E-state index in [9.17, 15) is 4.79 Å². The fraction of sp³-hybridized carbons (Fsp3) is 0.875. The van der Waals surface area contributed by atoms with Crippen LogP contribution >= 0.6 is 0 Å². The first-order chi connectivity index (χ1) is 6.31. The van der Waals surface area contributed by atoms with E-state index in [0.29, 0.717) is 19.8 Å². The summed E-state index contributed by atoms with van der Waals surface area (Å²) in [7, 11) is 3.43. The highest BCUT2D eigenvalue weighted by molar-refractivity contribution is 5.77. The molecule has 0 aromatic heterocycles. The second-order valence-electron chi connectivity index (χ2n) is 2.50. The van der Waals surface area contributed by atoms with Gasteiger partial charge in [-0.2, -0.15) is 0 Å². The molecule has 0 bridgehead atoms. The minimum atomic E-state index is -0.104. The van der Waals surface area contributed by atoms with E-state index in [0.717, 1.165) is 6.54 Å². The molecule has 78 valence electrons. The lowest BCUT2D eigenvalue weighted by molar-refractivity contribution is -0.125. The van der Waals surface area contributed by atoms with Crippen LogP contribution < -0.4 is 10.6 Å². The molecule has 0 aliphatic carbocycles. The van der Waals surface area contributed by atoms with Gasteiger partial charge in [0.2, 0.25) is 5.91 Å². The van der Waals surface area contributed by atoms with Crippen LogP contribution in [0.15, 0.2) is 0 Å². The Labute approximate surface area is 78.8 Å². The predicted octanol–water partition coefficient (Wildman–Crippen LogP) is -1.01. The smallest absolute Gasteiger partial charge is 0.246 e. The molecule has 0 fully saturated rings. The van der Waals surface area contributed by atoms with Crippen LogP contribution in [0.1, 0.15) is 0 Å². The van der Waals surface area contributed by atoms with E-state index < -0.39 is 0 Å². The lowest BCUT2D eigenvalue weighted by atomic mass is 10.6. The summed E-state index contributed by atoms with van der Waals surface area (Å²) < 4.78 is 9.82. The maximum Gasteiger partial charge on any atom is 0.246 e. The zero-order valence-corrected chi connectivity index (χ0v) is 8.26. The monoisotopic (exact) mass is 190 g/mol. The molecular formula is C8H18N2O3. The molecule has 0 atom stereocenters. The molecule has 0 saturated heterocycles. The van der Waals surface area contributed by atoms with E-state index >= 15 is 0 Å². The van der Waals surface area contributed by atoms with Crippen LogP contribution in [-0.4, -0.2) is 53.0 Å². The molecule has 0 unspecified atom stereocenters. The van der Waals surface area contributed by atoms with Crippen molar-refractivity contribution in [1.82, 2.24) is 10.6 Å². The number of rotatable bonds is 8. The van der Waals surface area contributed by atoms with Crippen molar-refractivity contribution in [3.8, 4) is 0 Å². The summed E-state index contributed by atoms with van der Waals surface area (Å²) >= 11 is 0. The number of nitrogens with one attached hydrogen (secondary N) is 2. The van der Waals surface area contributed by atoms with Crippen molar-refractivity contribution < 1.29 is 14.3 Å². The topological polar surface area (TPSA) is 59.6 Å². The number of hydrogen-bond acceptors (Lipinski definition) is 4. The molecule has 0 heterocycles. The third-order valence-electron chi connectivity index (χ3n) is 1.36. The fourth-order valence-corrected chi connectivity index (χ4v) is 0.683. The Bertz CT molecular complexity index is 131. The number of likely N-dealkylation sites (N-methyl/N-ethyl adjacent to an activating group) is 1. The van der Waals surface area contributed by atoms with Crippen molar-refractivity contribution in [2.45, 2.75) is 0 Å². The standard InChI is InChI=1S/C8H18N2O3/c1-9-3-6-13-7-8(11)10-4-5-12-2/h9H,3-7H2,1-2H3,(H,10,11). The molecule has 5 nitrogen and oxygen atoms in total. The summed E-state index contributed by atoms with van der Waals surface area (Å²) in [6.07, 6.45) is 0. The van der Waals surface area contributed by atoms with Crippen LogP contribution in [0.5, 0.6) is 0 Å². The fourth-order valence-electron chi connectivity index (χ4n) is 0.683. The molecule has 0 radical (unpaired) electrons. The van der Waals surface area contributed by atoms with Gasteiger partial charge in [0.15, 0.2) is 0 Å². The van der Waals surface area contributed by atoms with Crippen LogP contribution in [0.2, 0.25) is 0 Å². The molecule has 13 heavy (non-hydrogen) atoms. The molecule has 0 aliphatic rings. The van der Waals surface area contributed by atoms with Gasteiger partial charge in [0.25, 0.3) is 0 Å². The third kappa shape index (κ3) is 9.26. The first-order valence-electron chi connectivity index (χ1n) is 4.29. The summed E-state index contributed by atoms with van der Waals surface area (Å²) in [6, 6.07) is 0. The van der Waals surface area contributed by atoms with Gasteiger partial charge in [-0.25, -0.2) is 0 Å². The molecule has 5 heteroatoms. The second-order valence-corrected chi connectivity index (χ2v) is 2.50. The zero-order chi connectivity index (χ0) is 9.94. The van der Waals surface area contributed by atoms with Crippen molar-refractivity contribution in [2.24, 2.45) is 0 Å². The molecule has 0 aromatic carbocycles. The quantitative estimate of drug-likeness (QED) is 0.481. The minimum Gasteiger partial charge on any atom is -0.383 e. The maximum absolute atomic E-state index is 11.0. The van der Waals surface area contributed by atoms with Crippen molar-refractivity contribution in [3.05, 3.63) is 0 Å². The van der Waals surface area contributed by atoms with Gasteiger partial charge in [-0.05, 0) is 7.05 Å². The Morgan fingerprint density at radius 3 is 2.69 bits per heavy atom. The molecule has 0 saturated carbocycles. The number of carbonyl (C=O) groups is 1. The van der Waals surface area contributed by atoms with E-state index in [1.54, 1.807) is 7.11 Å². The Morgan fingerprint density at radius 1 is 1.31 bits per heavy atom. The molecule has 0 aromatic rings. The lowest BCUT2D eigenvalue weighted by Gasteiger charge is -2.05. The van der Waals surface area contributed by atoms with E-state index in [1.165, 1.54) is 0 Å². The van der Waals surface area contributed by atoms with Gasteiger partial charge >= 0.3 is 0 Å². The Kier molecular flexibility index (Phi) is 8.97. The summed E-state index contributed by atoms with van der Waals surface area (Å²) in [5.41, 5.74) is 0. The molecule has 2 N–H and O–H groups in total. The Balaban J connectivity index is 3.11. The van der Waals surface area contributed by atoms with Crippen LogP contribution in [0.4, 0.5) is 0 Å². The van der Waals surface area contributed by atoms with Crippen LogP contribution in [0.25, 0.3) is 0 Å². The number of carbonyl (C=O) groups excluding carboxylic acids is 1. The molecule has 0 spiro atoms. The largest absolute Gasteiger partial charge is 0.383 e. The van der Waals surface area contributed by atoms with E-state index in [2.05, 4.69) is 10.6 Å². The highest BCUT2D eigenvalue weighted by atomic mass is 16.5. The van der Waals surface area contributed by atoms with Gasteiger partial charge in [0, 0.05) is 20.2 Å². The highest BCUT2D eigenvalue weighted by Gasteiger charge is 1.98. The molecule has 1 amide bonds. The van der Waals surface area contributed by atoms with Crippen LogP contribution in [0, 0.1) is 0 Å². The van der Waals surface area contributed by atoms with Gasteiger partial charge in [0.05, 0.1) is 13.2 Å². The van der Waals surface area contributed by atoms with Crippen molar-refractivity contribution >= 4 is 5.91 Å². The minimum absolute atomic E-state index is 0.104. The van der Waals surface area contributed by atoms with Gasteiger partial charge in [-0.15, -0.1) is 0 Å².